The van der Waals surface area contributed by atoms with Crippen LogP contribution < -0.4 is 0 Å². The second-order valence-electron chi connectivity index (χ2n) is 13.1. The van der Waals surface area contributed by atoms with Gasteiger partial charge >= 0.3 is 23.9 Å². The van der Waals surface area contributed by atoms with Gasteiger partial charge in [0.25, 0.3) is 0 Å². The molecule has 2 heterocycles. The van der Waals surface area contributed by atoms with Crippen molar-refractivity contribution in [1.82, 2.24) is 0 Å². The van der Waals surface area contributed by atoms with Crippen molar-refractivity contribution in [2.45, 2.75) is 84.6 Å². The van der Waals surface area contributed by atoms with Crippen LogP contribution in [0.4, 0.5) is 0 Å². The Kier molecular flexibility index (Phi) is 6.89. The molecule has 0 aromatic rings. The second-order valence-corrected chi connectivity index (χ2v) is 13.1. The molecule has 2 saturated carbocycles. The van der Waals surface area contributed by atoms with Gasteiger partial charge in [0, 0.05) is 42.1 Å². The topological polar surface area (TPSA) is 155 Å². The van der Waals surface area contributed by atoms with E-state index in [1.807, 2.05) is 13.8 Å². The number of aliphatic hydroxyl groups excluding tert-OH is 1. The maximum Gasteiger partial charge on any atom is 0.336 e. The first-order valence-electron chi connectivity index (χ1n) is 14.1. The minimum Gasteiger partial charge on any atom is -0.469 e. The number of ketones is 1. The molecule has 10 atom stereocenters. The lowest BCUT2D eigenvalue weighted by Crippen LogP contribution is -2.67. The van der Waals surface area contributed by atoms with Crippen LogP contribution in [0.2, 0.25) is 0 Å². The van der Waals surface area contributed by atoms with Crippen LogP contribution in [0.3, 0.4) is 0 Å². The molecule has 2 aliphatic heterocycles. The number of allylic oxidation sites excluding steroid dienone is 2. The van der Waals surface area contributed by atoms with Crippen molar-refractivity contribution in [3.8, 4) is 0 Å². The van der Waals surface area contributed by atoms with Crippen molar-refractivity contribution >= 4 is 29.7 Å². The summed E-state index contributed by atoms with van der Waals surface area (Å²) in [5.41, 5.74) is -3.55. The summed E-state index contributed by atoms with van der Waals surface area (Å²) >= 11 is 0. The molecule has 0 aromatic heterocycles. The average Bonchev–Trinajstić information content (AvgIpc) is 3.44. The Bertz CT molecular complexity index is 1340. The van der Waals surface area contributed by atoms with Crippen LogP contribution in [0.25, 0.3) is 0 Å². The summed E-state index contributed by atoms with van der Waals surface area (Å²) in [4.78, 5) is 64.1. The van der Waals surface area contributed by atoms with Gasteiger partial charge in [0.1, 0.15) is 17.8 Å². The normalized spacial score (nSPS) is 43.1. The number of cyclic esters (lactones) is 1. The third kappa shape index (κ3) is 3.96. The molecule has 5 aliphatic rings. The van der Waals surface area contributed by atoms with Crippen LogP contribution in [-0.2, 0) is 47.7 Å². The number of esters is 4. The van der Waals surface area contributed by atoms with E-state index in [-0.39, 0.29) is 17.8 Å². The lowest BCUT2D eigenvalue weighted by Gasteiger charge is -2.59. The molecule has 0 bridgehead atoms. The van der Waals surface area contributed by atoms with Gasteiger partial charge in [-0.1, -0.05) is 40.3 Å². The molecule has 1 N–H and O–H groups in total. The van der Waals surface area contributed by atoms with Crippen LogP contribution in [0, 0.1) is 34.0 Å². The fourth-order valence-corrected chi connectivity index (χ4v) is 8.72. The summed E-state index contributed by atoms with van der Waals surface area (Å²) in [6, 6.07) is 0. The molecule has 3 aliphatic carbocycles. The van der Waals surface area contributed by atoms with Gasteiger partial charge in [-0.15, -0.1) is 0 Å². The molecular formula is C31H38O11. The third-order valence-corrected chi connectivity index (χ3v) is 10.6. The molecule has 42 heavy (non-hydrogen) atoms. The van der Waals surface area contributed by atoms with Crippen molar-refractivity contribution < 1.29 is 52.8 Å². The van der Waals surface area contributed by atoms with Gasteiger partial charge in [-0.3, -0.25) is 19.2 Å². The SMILES string of the molecule is C=C1[C@@H]([C@@]2(C)C=CC(=O)C(C)(C)[C@@H]2CC(=O)OC)[C@@H](OC(C)=O)[C@H](OC(C)=O)[C@@]2(C)[C@H](C3=CC(O)OC3=O)C[C@H]3O[C@]132. The lowest BCUT2D eigenvalue weighted by molar-refractivity contribution is -0.209. The van der Waals surface area contributed by atoms with E-state index < -0.39 is 88.1 Å². The van der Waals surface area contributed by atoms with Crippen LogP contribution in [0.1, 0.15) is 54.4 Å². The van der Waals surface area contributed by atoms with E-state index in [0.29, 0.717) is 12.0 Å². The number of aliphatic hydroxyl groups is 1. The monoisotopic (exact) mass is 586 g/mol. The summed E-state index contributed by atoms with van der Waals surface area (Å²) in [5, 5.41) is 10.1. The zero-order valence-corrected chi connectivity index (χ0v) is 24.9. The molecule has 11 nitrogen and oxygen atoms in total. The zero-order valence-electron chi connectivity index (χ0n) is 24.9. The summed E-state index contributed by atoms with van der Waals surface area (Å²) in [7, 11) is 1.27. The Hall–Kier alpha value is -3.31. The minimum atomic E-state index is -1.41. The van der Waals surface area contributed by atoms with E-state index in [2.05, 4.69) is 6.58 Å². The van der Waals surface area contributed by atoms with Gasteiger partial charge in [0.05, 0.1) is 25.0 Å². The molecular weight excluding hydrogens is 548 g/mol. The summed E-state index contributed by atoms with van der Waals surface area (Å²) in [5.74, 6) is -4.68. The minimum absolute atomic E-state index is 0.112. The Morgan fingerprint density at radius 3 is 2.29 bits per heavy atom. The summed E-state index contributed by atoms with van der Waals surface area (Å²) in [6.45, 7) is 14.2. The molecule has 1 spiro atoms. The van der Waals surface area contributed by atoms with E-state index in [1.165, 1.54) is 33.1 Å². The first kappa shape index (κ1) is 30.2. The second kappa shape index (κ2) is 9.60. The van der Waals surface area contributed by atoms with Gasteiger partial charge in [0.2, 0.25) is 6.29 Å². The van der Waals surface area contributed by atoms with Crippen molar-refractivity contribution in [2.24, 2.45) is 34.0 Å². The van der Waals surface area contributed by atoms with E-state index in [9.17, 15) is 29.1 Å². The molecule has 228 valence electrons. The van der Waals surface area contributed by atoms with Crippen LogP contribution in [0.5, 0.6) is 0 Å². The third-order valence-electron chi connectivity index (χ3n) is 10.6. The van der Waals surface area contributed by atoms with Crippen molar-refractivity contribution in [3.05, 3.63) is 36.0 Å². The molecule has 3 fully saturated rings. The largest absolute Gasteiger partial charge is 0.469 e. The highest BCUT2D eigenvalue weighted by Gasteiger charge is 2.84. The molecule has 0 aromatic carbocycles. The highest BCUT2D eigenvalue weighted by atomic mass is 16.6. The highest BCUT2D eigenvalue weighted by molar-refractivity contribution is 5.96. The first-order chi connectivity index (χ1) is 19.5. The van der Waals surface area contributed by atoms with E-state index in [4.69, 9.17) is 23.7 Å². The molecule has 1 saturated heterocycles. The van der Waals surface area contributed by atoms with Gasteiger partial charge < -0.3 is 28.8 Å². The number of hydrogen-bond acceptors (Lipinski definition) is 11. The zero-order chi connectivity index (χ0) is 31.2. The number of hydrogen-bond donors (Lipinski definition) is 1. The number of carbonyl (C=O) groups excluding carboxylic acids is 5. The smallest absolute Gasteiger partial charge is 0.336 e. The predicted molar refractivity (Wildman–Crippen MR) is 144 cm³/mol. The number of ether oxygens (including phenoxy) is 5. The Labute approximate surface area is 244 Å². The predicted octanol–water partition coefficient (Wildman–Crippen LogP) is 2.35. The first-order valence-corrected chi connectivity index (χ1v) is 14.1. The molecule has 11 heteroatoms. The molecule has 0 amide bonds. The molecule has 5 rings (SSSR count). The number of epoxide rings is 1. The average molecular weight is 587 g/mol. The molecule has 1 unspecified atom stereocenters. The molecule has 0 radical (unpaired) electrons. The van der Waals surface area contributed by atoms with Crippen molar-refractivity contribution in [2.75, 3.05) is 7.11 Å². The van der Waals surface area contributed by atoms with Gasteiger partial charge in [0.15, 0.2) is 5.78 Å². The lowest BCUT2D eigenvalue weighted by atomic mass is 9.46. The standard InChI is InChI=1S/C31H38O11/c1-14-24(29(6)10-9-20(34)28(4,5)19(29)13-22(35)38-8)25(39-15(2)32)26(40-16(3)33)30(7)18(12-21-31(14,30)42-21)17-11-23(36)41-27(17)37/h9-11,18-19,21,23-26,36H,1,12-13H2,2-8H3/t18-,19-,21+,23?,24+,25+,26-,29-,30+,31+/m0/s1. The number of methoxy groups -OCH3 is 1. The highest BCUT2D eigenvalue weighted by Crippen LogP contribution is 2.76. The summed E-state index contributed by atoms with van der Waals surface area (Å²) in [6.07, 6.45) is 0.652. The van der Waals surface area contributed by atoms with E-state index >= 15 is 0 Å². The fourth-order valence-electron chi connectivity index (χ4n) is 8.72. The maximum atomic E-state index is 13.2. The van der Waals surface area contributed by atoms with Gasteiger partial charge in [-0.05, 0) is 30.1 Å². The fraction of sp³-hybridized carbons (Fsp3) is 0.645. The van der Waals surface area contributed by atoms with Gasteiger partial charge in [-0.2, -0.15) is 0 Å². The van der Waals surface area contributed by atoms with E-state index in [1.54, 1.807) is 19.9 Å². The Morgan fingerprint density at radius 1 is 1.10 bits per heavy atom. The van der Waals surface area contributed by atoms with Gasteiger partial charge in [-0.25, -0.2) is 4.79 Å². The van der Waals surface area contributed by atoms with Crippen LogP contribution in [-0.4, -0.2) is 72.1 Å². The van der Waals surface area contributed by atoms with E-state index in [0.717, 1.165) is 0 Å². The van der Waals surface area contributed by atoms with Crippen molar-refractivity contribution in [1.29, 1.82) is 0 Å². The summed E-state index contributed by atoms with van der Waals surface area (Å²) < 4.78 is 28.5. The Morgan fingerprint density at radius 2 is 1.74 bits per heavy atom. The Balaban J connectivity index is 1.73. The number of carbonyl (C=O) groups is 5. The van der Waals surface area contributed by atoms with Crippen LogP contribution in [0.15, 0.2) is 36.0 Å². The maximum absolute atomic E-state index is 13.2. The van der Waals surface area contributed by atoms with Crippen LogP contribution >= 0.6 is 0 Å². The van der Waals surface area contributed by atoms with Crippen molar-refractivity contribution in [3.63, 3.8) is 0 Å². The number of rotatable bonds is 6. The quantitative estimate of drug-likeness (QED) is 0.211.